The number of piperidine rings is 1. The maximum absolute atomic E-state index is 13.7. The van der Waals surface area contributed by atoms with Crippen LogP contribution in [0.2, 0.25) is 0 Å². The molecule has 8 nitrogen and oxygen atoms in total. The third-order valence-corrected chi connectivity index (χ3v) is 7.25. The van der Waals surface area contributed by atoms with Gasteiger partial charge in [-0.2, -0.15) is 0 Å². The topological polar surface area (TPSA) is 91.0 Å². The molecule has 0 bridgehead atoms. The van der Waals surface area contributed by atoms with Crippen molar-refractivity contribution in [2.24, 2.45) is 0 Å². The summed E-state index contributed by atoms with van der Waals surface area (Å²) in [4.78, 5) is 43.6. The SMILES string of the molecule is O=C(COCc1ccccc1)NC1(C(=O)N2CCCN(C(=O)c3cccs3)CC2)CCNCC1. The minimum atomic E-state index is -0.939. The summed E-state index contributed by atoms with van der Waals surface area (Å²) in [6.45, 7) is 3.71. The van der Waals surface area contributed by atoms with E-state index in [0.29, 0.717) is 65.1 Å². The Kier molecular flexibility index (Phi) is 8.31. The van der Waals surface area contributed by atoms with Crippen molar-refractivity contribution in [1.29, 1.82) is 0 Å². The second-order valence-electron chi connectivity index (χ2n) is 8.77. The fraction of sp³-hybridized carbons (Fsp3) is 0.480. The van der Waals surface area contributed by atoms with Crippen LogP contribution in [-0.2, 0) is 20.9 Å². The van der Waals surface area contributed by atoms with E-state index in [1.54, 1.807) is 0 Å². The number of rotatable bonds is 7. The van der Waals surface area contributed by atoms with E-state index in [1.165, 1.54) is 11.3 Å². The largest absolute Gasteiger partial charge is 0.367 e. The molecule has 2 aliphatic rings. The molecule has 3 heterocycles. The normalized spacial score (nSPS) is 18.2. The van der Waals surface area contributed by atoms with Crippen molar-refractivity contribution >= 4 is 29.1 Å². The Bertz CT molecular complexity index is 961. The molecular formula is C25H32N4O4S. The number of carbonyl (C=O) groups is 3. The molecule has 182 valence electrons. The molecule has 2 aliphatic heterocycles. The van der Waals surface area contributed by atoms with Gasteiger partial charge in [-0.25, -0.2) is 0 Å². The zero-order valence-corrected chi connectivity index (χ0v) is 20.1. The molecule has 2 N–H and O–H groups in total. The number of benzene rings is 1. The molecule has 2 saturated heterocycles. The van der Waals surface area contributed by atoms with E-state index < -0.39 is 5.54 Å². The van der Waals surface area contributed by atoms with Crippen LogP contribution in [0, 0.1) is 0 Å². The number of hydrogen-bond acceptors (Lipinski definition) is 6. The second kappa shape index (κ2) is 11.6. The third-order valence-electron chi connectivity index (χ3n) is 6.39. The summed E-state index contributed by atoms with van der Waals surface area (Å²) in [5, 5.41) is 8.20. The van der Waals surface area contributed by atoms with Gasteiger partial charge in [-0.15, -0.1) is 11.3 Å². The fourth-order valence-corrected chi connectivity index (χ4v) is 5.26. The van der Waals surface area contributed by atoms with Crippen LogP contribution in [-0.4, -0.2) is 78.9 Å². The second-order valence-corrected chi connectivity index (χ2v) is 9.72. The van der Waals surface area contributed by atoms with Crippen molar-refractivity contribution < 1.29 is 19.1 Å². The summed E-state index contributed by atoms with van der Waals surface area (Å²) in [6.07, 6.45) is 1.78. The van der Waals surface area contributed by atoms with E-state index in [1.807, 2.05) is 57.6 Å². The van der Waals surface area contributed by atoms with E-state index >= 15 is 0 Å². The van der Waals surface area contributed by atoms with Gasteiger partial charge in [0.1, 0.15) is 12.1 Å². The lowest BCUT2D eigenvalue weighted by Crippen LogP contribution is -2.64. The molecule has 0 radical (unpaired) electrons. The highest BCUT2D eigenvalue weighted by molar-refractivity contribution is 7.12. The lowest BCUT2D eigenvalue weighted by atomic mass is 9.86. The number of carbonyl (C=O) groups excluding carboxylic acids is 3. The average Bonchev–Trinajstić information content (AvgIpc) is 3.29. The number of hydrogen-bond donors (Lipinski definition) is 2. The lowest BCUT2D eigenvalue weighted by Gasteiger charge is -2.40. The molecule has 2 aromatic rings. The maximum Gasteiger partial charge on any atom is 0.263 e. The van der Waals surface area contributed by atoms with Gasteiger partial charge in [0.2, 0.25) is 11.8 Å². The predicted octanol–water partition coefficient (Wildman–Crippen LogP) is 1.88. The van der Waals surface area contributed by atoms with Gasteiger partial charge < -0.3 is 25.2 Å². The molecule has 9 heteroatoms. The molecule has 0 spiro atoms. The van der Waals surface area contributed by atoms with Crippen molar-refractivity contribution in [3.63, 3.8) is 0 Å². The molecule has 1 aromatic carbocycles. The van der Waals surface area contributed by atoms with Crippen LogP contribution in [0.5, 0.6) is 0 Å². The highest BCUT2D eigenvalue weighted by Gasteiger charge is 2.43. The van der Waals surface area contributed by atoms with E-state index in [9.17, 15) is 14.4 Å². The molecule has 3 amide bonds. The third kappa shape index (κ3) is 6.02. The molecule has 0 unspecified atom stereocenters. The molecular weight excluding hydrogens is 452 g/mol. The van der Waals surface area contributed by atoms with E-state index in [4.69, 9.17) is 4.74 Å². The Morgan fingerprint density at radius 2 is 1.71 bits per heavy atom. The molecule has 0 saturated carbocycles. The summed E-state index contributed by atoms with van der Waals surface area (Å²) in [6, 6.07) is 13.4. The summed E-state index contributed by atoms with van der Waals surface area (Å²) in [7, 11) is 0. The van der Waals surface area contributed by atoms with Gasteiger partial charge >= 0.3 is 0 Å². The van der Waals surface area contributed by atoms with Gasteiger partial charge in [0, 0.05) is 26.2 Å². The first-order chi connectivity index (χ1) is 16.6. The van der Waals surface area contributed by atoms with Crippen molar-refractivity contribution in [1.82, 2.24) is 20.4 Å². The first-order valence-electron chi connectivity index (χ1n) is 11.8. The van der Waals surface area contributed by atoms with Crippen LogP contribution >= 0.6 is 11.3 Å². The predicted molar refractivity (Wildman–Crippen MR) is 130 cm³/mol. The number of nitrogens with zero attached hydrogens (tertiary/aromatic N) is 2. The molecule has 34 heavy (non-hydrogen) atoms. The first-order valence-corrected chi connectivity index (χ1v) is 12.7. The minimum absolute atomic E-state index is 0.0183. The van der Waals surface area contributed by atoms with Crippen LogP contribution in [0.3, 0.4) is 0 Å². The fourth-order valence-electron chi connectivity index (χ4n) is 4.57. The van der Waals surface area contributed by atoms with E-state index in [0.717, 1.165) is 10.4 Å². The van der Waals surface area contributed by atoms with E-state index in [-0.39, 0.29) is 24.3 Å². The summed E-state index contributed by atoms with van der Waals surface area (Å²) in [5.41, 5.74) is 0.0555. The van der Waals surface area contributed by atoms with Gasteiger partial charge in [-0.05, 0) is 49.4 Å². The van der Waals surface area contributed by atoms with Gasteiger partial charge in [-0.1, -0.05) is 36.4 Å². The van der Waals surface area contributed by atoms with Crippen molar-refractivity contribution in [2.45, 2.75) is 31.4 Å². The monoisotopic (exact) mass is 484 g/mol. The summed E-state index contributed by atoms with van der Waals surface area (Å²) in [5.74, 6) is -0.323. The summed E-state index contributed by atoms with van der Waals surface area (Å²) < 4.78 is 5.59. The smallest absolute Gasteiger partial charge is 0.263 e. The van der Waals surface area contributed by atoms with Gasteiger partial charge in [0.25, 0.3) is 5.91 Å². The first kappa shape index (κ1) is 24.4. The van der Waals surface area contributed by atoms with Crippen LogP contribution in [0.1, 0.15) is 34.5 Å². The Morgan fingerprint density at radius 1 is 0.971 bits per heavy atom. The highest BCUT2D eigenvalue weighted by Crippen LogP contribution is 2.23. The molecule has 4 rings (SSSR count). The Morgan fingerprint density at radius 3 is 2.44 bits per heavy atom. The Hall–Kier alpha value is -2.75. The zero-order chi connectivity index (χ0) is 23.8. The average molecular weight is 485 g/mol. The highest BCUT2D eigenvalue weighted by atomic mass is 32.1. The van der Waals surface area contributed by atoms with Crippen LogP contribution in [0.25, 0.3) is 0 Å². The van der Waals surface area contributed by atoms with Gasteiger partial charge in [-0.3, -0.25) is 14.4 Å². The Balaban J connectivity index is 1.35. The Labute approximate surface area is 204 Å². The van der Waals surface area contributed by atoms with Crippen molar-refractivity contribution in [2.75, 3.05) is 45.9 Å². The number of amides is 3. The lowest BCUT2D eigenvalue weighted by molar-refractivity contribution is -0.144. The van der Waals surface area contributed by atoms with Crippen molar-refractivity contribution in [3.8, 4) is 0 Å². The standard InChI is InChI=1S/C25H32N4O4S/c30-22(19-33-18-20-6-2-1-3-7-20)27-25(9-11-26-12-10-25)24(32)29-14-5-13-28(15-16-29)23(31)21-8-4-17-34-21/h1-4,6-8,17,26H,5,9-16,18-19H2,(H,27,30). The van der Waals surface area contributed by atoms with Gasteiger partial charge in [0.15, 0.2) is 0 Å². The van der Waals surface area contributed by atoms with Crippen LogP contribution in [0.4, 0.5) is 0 Å². The molecule has 1 aromatic heterocycles. The number of thiophene rings is 1. The number of ether oxygens (including phenoxy) is 1. The molecule has 2 fully saturated rings. The molecule has 0 atom stereocenters. The minimum Gasteiger partial charge on any atom is -0.367 e. The number of nitrogens with one attached hydrogen (secondary N) is 2. The molecule has 0 aliphatic carbocycles. The van der Waals surface area contributed by atoms with Crippen molar-refractivity contribution in [3.05, 3.63) is 58.3 Å². The van der Waals surface area contributed by atoms with E-state index in [2.05, 4.69) is 10.6 Å². The zero-order valence-electron chi connectivity index (χ0n) is 19.3. The summed E-state index contributed by atoms with van der Waals surface area (Å²) >= 11 is 1.43. The maximum atomic E-state index is 13.7. The van der Waals surface area contributed by atoms with Gasteiger partial charge in [0.05, 0.1) is 11.5 Å². The van der Waals surface area contributed by atoms with Crippen LogP contribution in [0.15, 0.2) is 47.8 Å². The quantitative estimate of drug-likeness (QED) is 0.626. The van der Waals surface area contributed by atoms with Crippen LogP contribution < -0.4 is 10.6 Å².